The van der Waals surface area contributed by atoms with E-state index in [1.165, 1.54) is 13.3 Å². The standard InChI is InChI=1S/C18H16N4O6/c1-9(10-3-5-11(6-4-10)17(26)28-2)20-15(23)12-7-13(16(24)25)22-14(21-12)8-19-18(22)27/h3-9H,1-2H3,(H,19,27)(H,20,23)(H,24,25)/t9-/m0/s1. The molecule has 0 bridgehead atoms. The molecule has 3 rings (SSSR count). The number of imidazole rings is 1. The van der Waals surface area contributed by atoms with Gasteiger partial charge in [-0.05, 0) is 24.6 Å². The summed E-state index contributed by atoms with van der Waals surface area (Å²) in [4.78, 5) is 53.5. The average molecular weight is 384 g/mol. The number of benzene rings is 1. The molecule has 10 nitrogen and oxygen atoms in total. The van der Waals surface area contributed by atoms with Crippen LogP contribution in [-0.2, 0) is 4.74 Å². The normalized spacial score (nSPS) is 11.8. The average Bonchev–Trinajstić information content (AvgIpc) is 3.07. The summed E-state index contributed by atoms with van der Waals surface area (Å²) >= 11 is 0. The molecular formula is C18H16N4O6. The van der Waals surface area contributed by atoms with Gasteiger partial charge in [0.25, 0.3) is 5.91 Å². The number of rotatable bonds is 5. The van der Waals surface area contributed by atoms with Gasteiger partial charge in [-0.25, -0.2) is 23.8 Å². The zero-order valence-corrected chi connectivity index (χ0v) is 14.9. The molecule has 0 spiro atoms. The monoisotopic (exact) mass is 384 g/mol. The van der Waals surface area contributed by atoms with Gasteiger partial charge in [-0.1, -0.05) is 12.1 Å². The number of methoxy groups -OCH3 is 1. The zero-order chi connectivity index (χ0) is 20.4. The molecule has 0 fully saturated rings. The van der Waals surface area contributed by atoms with Crippen molar-refractivity contribution in [1.29, 1.82) is 0 Å². The van der Waals surface area contributed by atoms with Crippen molar-refractivity contribution in [1.82, 2.24) is 19.7 Å². The van der Waals surface area contributed by atoms with Crippen LogP contribution in [0.5, 0.6) is 0 Å². The summed E-state index contributed by atoms with van der Waals surface area (Å²) in [7, 11) is 1.28. The molecule has 0 aliphatic rings. The number of ether oxygens (including phenoxy) is 1. The summed E-state index contributed by atoms with van der Waals surface area (Å²) in [5, 5.41) is 12.0. The lowest BCUT2D eigenvalue weighted by molar-refractivity contribution is 0.0599. The number of hydrogen-bond acceptors (Lipinski definition) is 6. The Hall–Kier alpha value is -3.95. The second kappa shape index (κ2) is 7.35. The molecule has 2 aromatic heterocycles. The van der Waals surface area contributed by atoms with E-state index in [0.29, 0.717) is 5.56 Å². The first kappa shape index (κ1) is 18.8. The van der Waals surface area contributed by atoms with Crippen LogP contribution in [0.25, 0.3) is 5.65 Å². The highest BCUT2D eigenvalue weighted by molar-refractivity contribution is 5.96. The van der Waals surface area contributed by atoms with Crippen molar-refractivity contribution in [3.8, 4) is 0 Å². The summed E-state index contributed by atoms with van der Waals surface area (Å²) < 4.78 is 5.50. The molecule has 1 atom stereocenters. The van der Waals surface area contributed by atoms with Gasteiger partial charge in [-0.15, -0.1) is 0 Å². The minimum atomic E-state index is -1.37. The number of amides is 1. The van der Waals surface area contributed by atoms with E-state index < -0.39 is 29.6 Å². The molecular weight excluding hydrogens is 368 g/mol. The van der Waals surface area contributed by atoms with Crippen LogP contribution in [0.1, 0.15) is 49.9 Å². The number of hydrogen-bond donors (Lipinski definition) is 3. The number of nitrogens with zero attached hydrogens (tertiary/aromatic N) is 2. The lowest BCUT2D eigenvalue weighted by atomic mass is 10.1. The number of carboxylic acid groups (broad SMARTS) is 1. The largest absolute Gasteiger partial charge is 0.477 e. The van der Waals surface area contributed by atoms with Crippen molar-refractivity contribution >= 4 is 23.5 Å². The summed E-state index contributed by atoms with van der Waals surface area (Å²) in [6.45, 7) is 1.72. The third-order valence-electron chi connectivity index (χ3n) is 4.14. The van der Waals surface area contributed by atoms with Crippen LogP contribution in [0.15, 0.2) is 41.3 Å². The van der Waals surface area contributed by atoms with Gasteiger partial charge in [-0.2, -0.15) is 0 Å². The first-order valence-electron chi connectivity index (χ1n) is 8.15. The van der Waals surface area contributed by atoms with Gasteiger partial charge in [0.1, 0.15) is 11.4 Å². The van der Waals surface area contributed by atoms with E-state index in [-0.39, 0.29) is 17.0 Å². The van der Waals surface area contributed by atoms with Crippen molar-refractivity contribution in [2.45, 2.75) is 13.0 Å². The summed E-state index contributed by atoms with van der Waals surface area (Å²) in [5.41, 5.74) is -0.0683. The fourth-order valence-corrected chi connectivity index (χ4v) is 2.68. The Kier molecular flexibility index (Phi) is 4.94. The fourth-order valence-electron chi connectivity index (χ4n) is 2.68. The number of esters is 1. The number of carboxylic acids is 1. The first-order valence-corrected chi connectivity index (χ1v) is 8.15. The Bertz CT molecular complexity index is 1130. The molecule has 3 aromatic rings. The molecule has 1 aromatic carbocycles. The minimum absolute atomic E-state index is 0.0186. The van der Waals surface area contributed by atoms with Gasteiger partial charge in [0, 0.05) is 12.3 Å². The molecule has 0 saturated carbocycles. The van der Waals surface area contributed by atoms with Crippen LogP contribution in [0.3, 0.4) is 0 Å². The number of aromatic amines is 1. The predicted molar refractivity (Wildman–Crippen MR) is 96.4 cm³/mol. The summed E-state index contributed by atoms with van der Waals surface area (Å²) in [5.74, 6) is -2.44. The SMILES string of the molecule is COC(=O)c1ccc([C@H](C)NC(=O)c2cc(C(=O)O)n3c(=O)[nH]cc3n2)cc1. The molecule has 10 heteroatoms. The van der Waals surface area contributed by atoms with Crippen molar-refractivity contribution in [3.05, 3.63) is 69.5 Å². The van der Waals surface area contributed by atoms with E-state index in [1.807, 2.05) is 0 Å². The van der Waals surface area contributed by atoms with Crippen molar-refractivity contribution in [2.24, 2.45) is 0 Å². The predicted octanol–water partition coefficient (Wildman–Crippen LogP) is 0.998. The third-order valence-corrected chi connectivity index (χ3v) is 4.14. The Morgan fingerprint density at radius 2 is 1.93 bits per heavy atom. The Morgan fingerprint density at radius 1 is 1.25 bits per heavy atom. The fraction of sp³-hybridized carbons (Fsp3) is 0.167. The van der Waals surface area contributed by atoms with Gasteiger partial charge in [0.15, 0.2) is 5.65 Å². The van der Waals surface area contributed by atoms with Crippen LogP contribution in [0.2, 0.25) is 0 Å². The second-order valence-electron chi connectivity index (χ2n) is 5.93. The van der Waals surface area contributed by atoms with Gasteiger partial charge in [-0.3, -0.25) is 4.79 Å². The third kappa shape index (κ3) is 3.47. The molecule has 0 aliphatic heterocycles. The molecule has 28 heavy (non-hydrogen) atoms. The molecule has 0 saturated heterocycles. The second-order valence-corrected chi connectivity index (χ2v) is 5.93. The topological polar surface area (TPSA) is 143 Å². The smallest absolute Gasteiger partial charge is 0.353 e. The number of H-pyrrole nitrogens is 1. The molecule has 3 N–H and O–H groups in total. The molecule has 0 radical (unpaired) electrons. The number of carbonyl (C=O) groups excluding carboxylic acids is 2. The Morgan fingerprint density at radius 3 is 2.54 bits per heavy atom. The summed E-state index contributed by atoms with van der Waals surface area (Å²) in [6.07, 6.45) is 1.22. The maximum absolute atomic E-state index is 12.5. The number of aromatic carboxylic acids is 1. The van der Waals surface area contributed by atoms with E-state index in [4.69, 9.17) is 0 Å². The zero-order valence-electron chi connectivity index (χ0n) is 14.9. The van der Waals surface area contributed by atoms with Crippen LogP contribution >= 0.6 is 0 Å². The van der Waals surface area contributed by atoms with Crippen LogP contribution < -0.4 is 11.0 Å². The van der Waals surface area contributed by atoms with E-state index in [0.717, 1.165) is 16.0 Å². The highest BCUT2D eigenvalue weighted by Gasteiger charge is 2.19. The minimum Gasteiger partial charge on any atom is -0.477 e. The van der Waals surface area contributed by atoms with Gasteiger partial charge < -0.3 is 20.1 Å². The van der Waals surface area contributed by atoms with Crippen LogP contribution in [0, 0.1) is 0 Å². The van der Waals surface area contributed by atoms with Crippen molar-refractivity contribution < 1.29 is 24.2 Å². The first-order chi connectivity index (χ1) is 13.3. The van der Waals surface area contributed by atoms with Gasteiger partial charge in [0.05, 0.1) is 18.7 Å². The Balaban J connectivity index is 1.85. The maximum Gasteiger partial charge on any atom is 0.353 e. The number of nitrogens with one attached hydrogen (secondary N) is 2. The van der Waals surface area contributed by atoms with E-state index in [2.05, 4.69) is 20.0 Å². The quantitative estimate of drug-likeness (QED) is 0.557. The van der Waals surface area contributed by atoms with Crippen molar-refractivity contribution in [2.75, 3.05) is 7.11 Å². The number of aromatic nitrogens is 3. The van der Waals surface area contributed by atoms with E-state index in [1.54, 1.807) is 31.2 Å². The molecule has 1 amide bonds. The lowest BCUT2D eigenvalue weighted by Crippen LogP contribution is -2.29. The number of carbonyl (C=O) groups is 3. The number of fused-ring (bicyclic) bond motifs is 1. The highest BCUT2D eigenvalue weighted by atomic mass is 16.5. The molecule has 0 aliphatic carbocycles. The van der Waals surface area contributed by atoms with Crippen molar-refractivity contribution in [3.63, 3.8) is 0 Å². The lowest BCUT2D eigenvalue weighted by Gasteiger charge is -2.15. The van der Waals surface area contributed by atoms with Crippen LogP contribution in [-0.4, -0.2) is 44.4 Å². The molecule has 144 valence electrons. The molecule has 2 heterocycles. The van der Waals surface area contributed by atoms with Crippen LogP contribution in [0.4, 0.5) is 0 Å². The summed E-state index contributed by atoms with van der Waals surface area (Å²) in [6, 6.07) is 7.07. The van der Waals surface area contributed by atoms with Gasteiger partial charge in [0.2, 0.25) is 0 Å². The van der Waals surface area contributed by atoms with E-state index >= 15 is 0 Å². The van der Waals surface area contributed by atoms with E-state index in [9.17, 15) is 24.3 Å². The maximum atomic E-state index is 12.5. The Labute approximate surface area is 157 Å². The van der Waals surface area contributed by atoms with Gasteiger partial charge >= 0.3 is 17.6 Å². The molecule has 0 unspecified atom stereocenters. The highest BCUT2D eigenvalue weighted by Crippen LogP contribution is 2.15.